The SMILES string of the molecule is CCOC(=O)C1CCC(NOCc2ccccc2)CC1.CCOC(=O)[C@@H]1CC[C@@H]2CN1C(=O)N2OCc1ccccc1.[2H]CC. The summed E-state index contributed by atoms with van der Waals surface area (Å²) in [7, 11) is 0. The molecule has 5 rings (SSSR count). The lowest BCUT2D eigenvalue weighted by Crippen LogP contribution is -2.45. The van der Waals surface area contributed by atoms with Crippen molar-refractivity contribution >= 4 is 18.0 Å². The maximum atomic E-state index is 12.4. The van der Waals surface area contributed by atoms with Crippen molar-refractivity contribution in [2.75, 3.05) is 19.8 Å². The van der Waals surface area contributed by atoms with Crippen LogP contribution in [0.4, 0.5) is 4.79 Å². The van der Waals surface area contributed by atoms with Gasteiger partial charge in [0.2, 0.25) is 0 Å². The highest BCUT2D eigenvalue weighted by Crippen LogP contribution is 2.31. The number of hydroxylamine groups is 3. The number of carbonyl (C=O) groups is 3. The van der Waals surface area contributed by atoms with Crippen LogP contribution in [0.3, 0.4) is 0 Å². The van der Waals surface area contributed by atoms with E-state index in [1.807, 2.05) is 67.6 Å². The Kier molecular flexibility index (Phi) is 14.5. The Morgan fingerprint density at radius 3 is 2.00 bits per heavy atom. The topological polar surface area (TPSA) is 107 Å². The average molecular weight is 613 g/mol. The molecule has 0 aromatic heterocycles. The first kappa shape index (κ1) is 33.4. The number of piperidine rings is 1. The van der Waals surface area contributed by atoms with Crippen LogP contribution in [0, 0.1) is 5.92 Å². The van der Waals surface area contributed by atoms with E-state index in [0.717, 1.165) is 43.2 Å². The first-order chi connectivity index (χ1) is 21.9. The fraction of sp³-hybridized carbons (Fsp3) is 0.559. The third kappa shape index (κ3) is 10.3. The Bertz CT molecular complexity index is 1150. The first-order valence-electron chi connectivity index (χ1n) is 16.4. The lowest BCUT2D eigenvalue weighted by molar-refractivity contribution is -0.150. The molecule has 0 spiro atoms. The quantitative estimate of drug-likeness (QED) is 0.251. The summed E-state index contributed by atoms with van der Waals surface area (Å²) in [4.78, 5) is 48.8. The van der Waals surface area contributed by atoms with Crippen LogP contribution in [-0.2, 0) is 42.0 Å². The van der Waals surface area contributed by atoms with Gasteiger partial charge < -0.3 is 14.4 Å². The summed E-state index contributed by atoms with van der Waals surface area (Å²) in [5.41, 5.74) is 5.27. The van der Waals surface area contributed by atoms with E-state index in [0.29, 0.717) is 52.3 Å². The molecule has 10 nitrogen and oxygen atoms in total. The molecule has 44 heavy (non-hydrogen) atoms. The highest BCUT2D eigenvalue weighted by molar-refractivity contribution is 5.85. The predicted molar refractivity (Wildman–Crippen MR) is 167 cm³/mol. The van der Waals surface area contributed by atoms with E-state index in [-0.39, 0.29) is 29.9 Å². The number of amides is 2. The van der Waals surface area contributed by atoms with Gasteiger partial charge in [-0.1, -0.05) is 74.5 Å². The van der Waals surface area contributed by atoms with Crippen molar-refractivity contribution in [3.05, 3.63) is 71.8 Å². The van der Waals surface area contributed by atoms with Crippen molar-refractivity contribution < 1.29 is 34.9 Å². The van der Waals surface area contributed by atoms with Crippen LogP contribution in [0.2, 0.25) is 0 Å². The van der Waals surface area contributed by atoms with Crippen LogP contribution in [0.5, 0.6) is 0 Å². The number of esters is 2. The van der Waals surface area contributed by atoms with E-state index in [9.17, 15) is 14.4 Å². The van der Waals surface area contributed by atoms with E-state index in [2.05, 4.69) is 5.48 Å². The molecule has 2 saturated heterocycles. The Morgan fingerprint density at radius 2 is 1.41 bits per heavy atom. The van der Waals surface area contributed by atoms with E-state index < -0.39 is 6.04 Å². The summed E-state index contributed by atoms with van der Waals surface area (Å²) in [5, 5.41) is 1.42. The number of urea groups is 1. The van der Waals surface area contributed by atoms with Crippen molar-refractivity contribution in [1.29, 1.82) is 0 Å². The van der Waals surface area contributed by atoms with Gasteiger partial charge in [-0.2, -0.15) is 10.5 Å². The van der Waals surface area contributed by atoms with Gasteiger partial charge in [0.15, 0.2) is 0 Å². The van der Waals surface area contributed by atoms with E-state index in [1.165, 1.54) is 5.06 Å². The van der Waals surface area contributed by atoms with Crippen molar-refractivity contribution in [3.63, 3.8) is 0 Å². The van der Waals surface area contributed by atoms with Crippen molar-refractivity contribution in [3.8, 4) is 0 Å². The zero-order valence-electron chi connectivity index (χ0n) is 27.3. The molecule has 2 aromatic carbocycles. The molecule has 0 radical (unpaired) electrons. The van der Waals surface area contributed by atoms with Gasteiger partial charge in [0.1, 0.15) is 12.6 Å². The Balaban J connectivity index is 0.000000227. The second kappa shape index (κ2) is 19.0. The molecule has 3 fully saturated rings. The minimum atomic E-state index is -0.478. The van der Waals surface area contributed by atoms with E-state index in [4.69, 9.17) is 20.5 Å². The molecule has 1 saturated carbocycles. The van der Waals surface area contributed by atoms with Gasteiger partial charge in [-0.3, -0.25) is 14.5 Å². The molecule has 1 N–H and O–H groups in total. The number of nitrogens with zero attached hydrogens (tertiary/aromatic N) is 2. The number of rotatable bonds is 11. The minimum absolute atomic E-state index is 0.0156. The van der Waals surface area contributed by atoms with Crippen LogP contribution in [0.1, 0.15) is 78.7 Å². The molecular formula is C34H49N3O7. The van der Waals surface area contributed by atoms with Crippen LogP contribution >= 0.6 is 0 Å². The van der Waals surface area contributed by atoms with Crippen LogP contribution in [-0.4, -0.2) is 65.8 Å². The summed E-state index contributed by atoms with van der Waals surface area (Å²) in [5.74, 6) is -0.294. The first-order valence-corrected chi connectivity index (χ1v) is 15.7. The highest BCUT2D eigenvalue weighted by Gasteiger charge is 2.48. The Hall–Kier alpha value is -3.47. The van der Waals surface area contributed by atoms with E-state index in [1.54, 1.807) is 18.7 Å². The summed E-state index contributed by atoms with van der Waals surface area (Å²) in [6, 6.07) is 19.4. The number of hydrogen-bond acceptors (Lipinski definition) is 8. The zero-order chi connectivity index (χ0) is 32.4. The molecular weight excluding hydrogens is 562 g/mol. The summed E-state index contributed by atoms with van der Waals surface area (Å²) in [6.07, 6.45) is 5.05. The van der Waals surface area contributed by atoms with Gasteiger partial charge in [-0.25, -0.2) is 9.59 Å². The lowest BCUT2D eigenvalue weighted by Gasteiger charge is -2.28. The van der Waals surface area contributed by atoms with E-state index >= 15 is 0 Å². The Labute approximate surface area is 263 Å². The zero-order valence-corrected chi connectivity index (χ0v) is 26.3. The number of carbonyl (C=O) groups excluding carboxylic acids is 3. The van der Waals surface area contributed by atoms with Crippen LogP contribution < -0.4 is 5.48 Å². The van der Waals surface area contributed by atoms with Crippen molar-refractivity contribution in [1.82, 2.24) is 15.4 Å². The van der Waals surface area contributed by atoms with Gasteiger partial charge in [0.25, 0.3) is 0 Å². The predicted octanol–water partition coefficient (Wildman–Crippen LogP) is 5.81. The summed E-state index contributed by atoms with van der Waals surface area (Å²) >= 11 is 0. The third-order valence-corrected chi connectivity index (χ3v) is 7.77. The summed E-state index contributed by atoms with van der Waals surface area (Å²) < 4.78 is 16.3. The molecule has 2 amide bonds. The largest absolute Gasteiger partial charge is 0.466 e. The smallest absolute Gasteiger partial charge is 0.345 e. The average Bonchev–Trinajstić information content (AvgIpc) is 3.30. The van der Waals surface area contributed by atoms with Gasteiger partial charge in [-0.15, -0.1) is 0 Å². The highest BCUT2D eigenvalue weighted by atomic mass is 16.7. The fourth-order valence-electron chi connectivity index (χ4n) is 5.52. The number of ether oxygens (including phenoxy) is 2. The monoisotopic (exact) mass is 612 g/mol. The molecule has 10 heteroatoms. The van der Waals surface area contributed by atoms with Gasteiger partial charge in [-0.05, 0) is 63.5 Å². The maximum Gasteiger partial charge on any atom is 0.345 e. The number of fused-ring (bicyclic) bond motifs is 2. The normalized spacial score (nSPS) is 22.5. The third-order valence-electron chi connectivity index (χ3n) is 7.77. The second-order valence-electron chi connectivity index (χ2n) is 10.7. The standard InChI is InChI=1S/C16H20N2O4.C16H23NO3.C2H6/c1-2-21-15(19)14-9-8-13-10-17(14)16(20)18(13)22-11-12-6-4-3-5-7-12;1-2-19-16(18)14-8-10-15(11-9-14)17-20-12-13-6-4-3-5-7-13;1-2/h3-7,13-14H,2,8-11H2,1H3;3-7,14-15,17H,2,8-12H2,1H3;1-2H3/t13-,14+;;/m1../s1/i;;1D. The molecule has 1 aliphatic carbocycles. The molecule has 3 aliphatic rings. The number of nitrogens with one attached hydrogen (secondary N) is 1. The second-order valence-corrected chi connectivity index (χ2v) is 10.7. The Morgan fingerprint density at radius 1 is 0.841 bits per heavy atom. The van der Waals surface area contributed by atoms with Gasteiger partial charge in [0.05, 0.1) is 31.8 Å². The molecule has 2 heterocycles. The molecule has 2 aliphatic heterocycles. The lowest BCUT2D eigenvalue weighted by atomic mass is 9.86. The van der Waals surface area contributed by atoms with Gasteiger partial charge in [0, 0.05) is 14.0 Å². The molecule has 2 aromatic rings. The maximum absolute atomic E-state index is 12.4. The fourth-order valence-corrected chi connectivity index (χ4v) is 5.52. The molecule has 0 unspecified atom stereocenters. The molecule has 2 atom stereocenters. The van der Waals surface area contributed by atoms with Crippen molar-refractivity contribution in [2.24, 2.45) is 5.92 Å². The van der Waals surface area contributed by atoms with Crippen LogP contribution in [0.15, 0.2) is 60.7 Å². The molecule has 242 valence electrons. The minimum Gasteiger partial charge on any atom is -0.466 e. The summed E-state index contributed by atoms with van der Waals surface area (Å²) in [6.45, 7) is 8.15. The van der Waals surface area contributed by atoms with Gasteiger partial charge >= 0.3 is 18.0 Å². The number of benzene rings is 2. The van der Waals surface area contributed by atoms with Crippen LogP contribution in [0.25, 0.3) is 0 Å². The molecule has 2 bridgehead atoms. The number of hydrogen-bond donors (Lipinski definition) is 1. The van der Waals surface area contributed by atoms with Crippen molar-refractivity contribution in [2.45, 2.75) is 97.5 Å².